The summed E-state index contributed by atoms with van der Waals surface area (Å²) in [5.41, 5.74) is 5.22. The summed E-state index contributed by atoms with van der Waals surface area (Å²) < 4.78 is 0. The molecule has 0 aliphatic carbocycles. The van der Waals surface area contributed by atoms with Crippen molar-refractivity contribution in [1.29, 1.82) is 0 Å². The summed E-state index contributed by atoms with van der Waals surface area (Å²) in [6.07, 6.45) is 1.89. The molecule has 2 aromatic rings. The van der Waals surface area contributed by atoms with E-state index in [0.717, 1.165) is 10.8 Å². The first-order valence-corrected chi connectivity index (χ1v) is 6.40. The van der Waals surface area contributed by atoms with Gasteiger partial charge in [0.15, 0.2) is 0 Å². The van der Waals surface area contributed by atoms with Gasteiger partial charge in [0.2, 0.25) is 5.13 Å². The third-order valence-corrected chi connectivity index (χ3v) is 3.27. The lowest BCUT2D eigenvalue weighted by Gasteiger charge is -2.04. The predicted octanol–water partition coefficient (Wildman–Crippen LogP) is 3.65. The number of aromatic nitrogens is 1. The molecule has 1 unspecified atom stereocenters. The molecule has 4 heteroatoms. The Bertz CT molecular complexity index is 490. The molecule has 0 amide bonds. The second kappa shape index (κ2) is 5.59. The van der Waals surface area contributed by atoms with Crippen LogP contribution in [0.25, 0.3) is 0 Å². The Balaban J connectivity index is 1.93. The maximum atomic E-state index is 4.27. The van der Waals surface area contributed by atoms with Crippen LogP contribution in [-0.2, 0) is 0 Å². The van der Waals surface area contributed by atoms with Gasteiger partial charge in [0.25, 0.3) is 0 Å². The van der Waals surface area contributed by atoms with Gasteiger partial charge in [-0.1, -0.05) is 37.3 Å². The zero-order chi connectivity index (χ0) is 12.1. The van der Waals surface area contributed by atoms with Crippen LogP contribution in [0.1, 0.15) is 24.1 Å². The van der Waals surface area contributed by atoms with Crippen molar-refractivity contribution in [1.82, 2.24) is 4.98 Å². The van der Waals surface area contributed by atoms with Gasteiger partial charge in [0.1, 0.15) is 0 Å². The summed E-state index contributed by atoms with van der Waals surface area (Å²) in [4.78, 5) is 4.27. The molecule has 0 aliphatic rings. The largest absolute Gasteiger partial charge is 0.253 e. The number of benzene rings is 1. The van der Waals surface area contributed by atoms with Crippen molar-refractivity contribution in [3.63, 3.8) is 0 Å². The van der Waals surface area contributed by atoms with Crippen LogP contribution >= 0.6 is 11.3 Å². The Morgan fingerprint density at radius 3 is 2.76 bits per heavy atom. The highest BCUT2D eigenvalue weighted by molar-refractivity contribution is 7.13. The summed E-state index contributed by atoms with van der Waals surface area (Å²) in [7, 11) is 0. The highest BCUT2D eigenvalue weighted by Gasteiger charge is 2.00. The van der Waals surface area contributed by atoms with Crippen molar-refractivity contribution in [3.8, 4) is 0 Å². The summed E-state index contributed by atoms with van der Waals surface area (Å²) in [6.45, 7) is 4.09. The van der Waals surface area contributed by atoms with E-state index in [1.165, 1.54) is 5.56 Å². The smallest absolute Gasteiger partial charge is 0.203 e. The lowest BCUT2D eigenvalue weighted by Crippen LogP contribution is -1.97. The summed E-state index contributed by atoms with van der Waals surface area (Å²) in [6, 6.07) is 10.3. The van der Waals surface area contributed by atoms with Gasteiger partial charge in [-0.2, -0.15) is 5.10 Å². The number of nitrogens with zero attached hydrogens (tertiary/aromatic N) is 2. The quantitative estimate of drug-likeness (QED) is 0.659. The highest BCUT2D eigenvalue weighted by atomic mass is 32.1. The van der Waals surface area contributed by atoms with E-state index in [1.54, 1.807) is 11.3 Å². The van der Waals surface area contributed by atoms with Crippen LogP contribution in [0, 0.1) is 6.92 Å². The van der Waals surface area contributed by atoms with E-state index in [9.17, 15) is 0 Å². The molecule has 1 aromatic heterocycles. The Labute approximate surface area is 105 Å². The lowest BCUT2D eigenvalue weighted by atomic mass is 10.0. The van der Waals surface area contributed by atoms with Crippen molar-refractivity contribution in [2.75, 3.05) is 5.43 Å². The number of anilines is 1. The maximum absolute atomic E-state index is 4.27. The number of rotatable bonds is 4. The van der Waals surface area contributed by atoms with E-state index in [2.05, 4.69) is 34.6 Å². The van der Waals surface area contributed by atoms with Gasteiger partial charge in [-0.05, 0) is 12.5 Å². The van der Waals surface area contributed by atoms with Crippen LogP contribution in [0.4, 0.5) is 5.13 Å². The summed E-state index contributed by atoms with van der Waals surface area (Å²) in [5.74, 6) is 0.296. The minimum absolute atomic E-state index is 0.296. The molecule has 88 valence electrons. The maximum Gasteiger partial charge on any atom is 0.203 e. The number of hydrogen-bond donors (Lipinski definition) is 1. The Morgan fingerprint density at radius 1 is 1.35 bits per heavy atom. The van der Waals surface area contributed by atoms with Gasteiger partial charge in [0, 0.05) is 17.5 Å². The van der Waals surface area contributed by atoms with E-state index < -0.39 is 0 Å². The fraction of sp³-hybridized carbons (Fsp3) is 0.231. The van der Waals surface area contributed by atoms with Crippen LogP contribution in [0.5, 0.6) is 0 Å². The zero-order valence-corrected chi connectivity index (χ0v) is 10.7. The van der Waals surface area contributed by atoms with Gasteiger partial charge in [-0.3, -0.25) is 5.43 Å². The highest BCUT2D eigenvalue weighted by Crippen LogP contribution is 2.15. The standard InChI is InChI=1S/C13H15N3S/c1-10(12-6-4-3-5-7-12)8-14-16-13-15-11(2)9-17-13/h3-10H,1-2H3,(H,15,16). The average Bonchev–Trinajstić information content (AvgIpc) is 2.76. The van der Waals surface area contributed by atoms with Crippen molar-refractivity contribution in [2.24, 2.45) is 5.10 Å². The second-order valence-corrected chi connectivity index (χ2v) is 4.74. The normalized spacial score (nSPS) is 12.8. The molecule has 0 fully saturated rings. The van der Waals surface area contributed by atoms with Crippen LogP contribution < -0.4 is 5.43 Å². The minimum atomic E-state index is 0.296. The second-order valence-electron chi connectivity index (χ2n) is 3.88. The molecule has 1 heterocycles. The molecule has 0 saturated heterocycles. The topological polar surface area (TPSA) is 37.3 Å². The van der Waals surface area contributed by atoms with Crippen molar-refractivity contribution in [2.45, 2.75) is 19.8 Å². The molecular weight excluding hydrogens is 230 g/mol. The molecule has 1 N–H and O–H groups in total. The van der Waals surface area contributed by atoms with E-state index in [1.807, 2.05) is 36.7 Å². The molecule has 0 radical (unpaired) electrons. The molecule has 0 spiro atoms. The third-order valence-electron chi connectivity index (χ3n) is 2.40. The molecule has 2 rings (SSSR count). The van der Waals surface area contributed by atoms with Crippen LogP contribution in [0.15, 0.2) is 40.8 Å². The Kier molecular flexibility index (Phi) is 3.88. The van der Waals surface area contributed by atoms with Gasteiger partial charge < -0.3 is 0 Å². The van der Waals surface area contributed by atoms with E-state index in [4.69, 9.17) is 0 Å². The van der Waals surface area contributed by atoms with Crippen LogP contribution in [0.3, 0.4) is 0 Å². The molecule has 0 saturated carbocycles. The first-order valence-electron chi connectivity index (χ1n) is 5.52. The number of hydrogen-bond acceptors (Lipinski definition) is 4. The fourth-order valence-corrected chi connectivity index (χ4v) is 2.09. The summed E-state index contributed by atoms with van der Waals surface area (Å²) >= 11 is 1.56. The van der Waals surface area contributed by atoms with Gasteiger partial charge in [0.05, 0.1) is 5.69 Å². The van der Waals surface area contributed by atoms with Gasteiger partial charge >= 0.3 is 0 Å². The Hall–Kier alpha value is -1.68. The van der Waals surface area contributed by atoms with Crippen molar-refractivity contribution < 1.29 is 0 Å². The number of hydrazone groups is 1. The summed E-state index contributed by atoms with van der Waals surface area (Å²) in [5, 5.41) is 7.04. The first kappa shape index (κ1) is 11.8. The average molecular weight is 245 g/mol. The van der Waals surface area contributed by atoms with Crippen molar-refractivity contribution in [3.05, 3.63) is 47.0 Å². The van der Waals surface area contributed by atoms with Crippen molar-refractivity contribution >= 4 is 22.7 Å². The zero-order valence-electron chi connectivity index (χ0n) is 9.92. The number of aryl methyl sites for hydroxylation is 1. The molecule has 3 nitrogen and oxygen atoms in total. The van der Waals surface area contributed by atoms with Gasteiger partial charge in [-0.25, -0.2) is 4.98 Å². The molecule has 0 bridgehead atoms. The molecular formula is C13H15N3S. The molecule has 17 heavy (non-hydrogen) atoms. The molecule has 0 aliphatic heterocycles. The predicted molar refractivity (Wildman–Crippen MR) is 73.8 cm³/mol. The SMILES string of the molecule is Cc1csc(NN=CC(C)c2ccccc2)n1. The van der Waals surface area contributed by atoms with E-state index >= 15 is 0 Å². The number of thiazole rings is 1. The van der Waals surface area contributed by atoms with Gasteiger partial charge in [-0.15, -0.1) is 11.3 Å². The van der Waals surface area contributed by atoms with E-state index in [0.29, 0.717) is 5.92 Å². The Morgan fingerprint density at radius 2 is 2.12 bits per heavy atom. The fourth-order valence-electron chi connectivity index (χ4n) is 1.45. The first-order chi connectivity index (χ1) is 8.25. The molecule has 1 aromatic carbocycles. The molecule has 1 atom stereocenters. The minimum Gasteiger partial charge on any atom is -0.253 e. The lowest BCUT2D eigenvalue weighted by molar-refractivity contribution is 1.04. The number of nitrogens with one attached hydrogen (secondary N) is 1. The van der Waals surface area contributed by atoms with Crippen LogP contribution in [0.2, 0.25) is 0 Å². The monoisotopic (exact) mass is 245 g/mol. The van der Waals surface area contributed by atoms with E-state index in [-0.39, 0.29) is 0 Å². The third kappa shape index (κ3) is 3.39. The van der Waals surface area contributed by atoms with Crippen LogP contribution in [-0.4, -0.2) is 11.2 Å².